The van der Waals surface area contributed by atoms with E-state index in [1.807, 2.05) is 0 Å². The highest BCUT2D eigenvalue weighted by Crippen LogP contribution is 2.28. The third kappa shape index (κ3) is 4.48. The maximum Gasteiger partial charge on any atom is 0.253 e. The van der Waals surface area contributed by atoms with Gasteiger partial charge in [0.05, 0.1) is 32.2 Å². The van der Waals surface area contributed by atoms with Crippen molar-refractivity contribution in [2.45, 2.75) is 23.1 Å². The van der Waals surface area contributed by atoms with Crippen molar-refractivity contribution in [1.82, 2.24) is 10.3 Å². The molecule has 0 saturated carbocycles. The van der Waals surface area contributed by atoms with Gasteiger partial charge < -0.3 is 5.32 Å². The van der Waals surface area contributed by atoms with Crippen molar-refractivity contribution in [3.63, 3.8) is 0 Å². The summed E-state index contributed by atoms with van der Waals surface area (Å²) in [7, 11) is -7.23. The summed E-state index contributed by atoms with van der Waals surface area (Å²) in [5, 5.41) is 1.77. The molecule has 1 fully saturated rings. The molecule has 1 aliphatic heterocycles. The zero-order valence-corrected chi connectivity index (χ0v) is 16.5. The molecule has 0 bridgehead atoms. The molecular formula is C17H17ClN2O5S2. The molecule has 1 amide bonds. The molecule has 1 aliphatic rings. The van der Waals surface area contributed by atoms with Crippen LogP contribution in [0.3, 0.4) is 0 Å². The van der Waals surface area contributed by atoms with Gasteiger partial charge in [-0.1, -0.05) is 17.7 Å². The van der Waals surface area contributed by atoms with E-state index in [-0.39, 0.29) is 34.2 Å². The van der Waals surface area contributed by atoms with Gasteiger partial charge in [-0.2, -0.15) is 0 Å². The number of halogens is 1. The van der Waals surface area contributed by atoms with Gasteiger partial charge in [-0.15, -0.1) is 0 Å². The molecule has 1 atom stereocenters. The predicted octanol–water partition coefficient (Wildman–Crippen LogP) is 1.63. The molecule has 1 N–H and O–H groups in total. The second-order valence-electron chi connectivity index (χ2n) is 6.26. The minimum absolute atomic E-state index is 0.0162. The summed E-state index contributed by atoms with van der Waals surface area (Å²) in [6.07, 6.45) is 3.26. The van der Waals surface area contributed by atoms with Crippen molar-refractivity contribution in [1.29, 1.82) is 0 Å². The second kappa shape index (κ2) is 7.57. The highest BCUT2D eigenvalue weighted by molar-refractivity contribution is 7.96. The first-order valence-electron chi connectivity index (χ1n) is 8.10. The molecular weight excluding hydrogens is 412 g/mol. The van der Waals surface area contributed by atoms with Gasteiger partial charge in [-0.05, 0) is 36.2 Å². The molecule has 0 spiro atoms. The molecule has 144 valence electrons. The van der Waals surface area contributed by atoms with Crippen LogP contribution in [0.25, 0.3) is 0 Å². The van der Waals surface area contributed by atoms with Gasteiger partial charge in [0.15, 0.2) is 19.7 Å². The van der Waals surface area contributed by atoms with Crippen LogP contribution in [-0.4, -0.2) is 44.5 Å². The Bertz CT molecular complexity index is 1070. The average molecular weight is 429 g/mol. The van der Waals surface area contributed by atoms with Crippen LogP contribution >= 0.6 is 11.6 Å². The highest BCUT2D eigenvalue weighted by Gasteiger charge is 2.38. The van der Waals surface area contributed by atoms with Crippen LogP contribution in [0.1, 0.15) is 22.3 Å². The van der Waals surface area contributed by atoms with E-state index in [4.69, 9.17) is 11.6 Å². The summed E-state index contributed by atoms with van der Waals surface area (Å²) in [5.74, 6) is -1.08. The lowest BCUT2D eigenvalue weighted by atomic mass is 10.2. The molecule has 10 heteroatoms. The lowest BCUT2D eigenvalue weighted by molar-refractivity contribution is 0.0951. The number of aromatic nitrogens is 1. The van der Waals surface area contributed by atoms with E-state index < -0.39 is 36.6 Å². The van der Waals surface area contributed by atoms with Gasteiger partial charge in [-0.3, -0.25) is 9.78 Å². The van der Waals surface area contributed by atoms with Crippen molar-refractivity contribution in [2.24, 2.45) is 0 Å². The van der Waals surface area contributed by atoms with Crippen molar-refractivity contribution in [2.75, 3.05) is 11.5 Å². The van der Waals surface area contributed by atoms with Gasteiger partial charge in [-0.25, -0.2) is 16.8 Å². The third-order valence-electron chi connectivity index (χ3n) is 4.32. The molecule has 1 aromatic heterocycles. The average Bonchev–Trinajstić information content (AvgIpc) is 3.01. The van der Waals surface area contributed by atoms with Crippen molar-refractivity contribution >= 4 is 37.2 Å². The molecule has 0 aliphatic carbocycles. The SMILES string of the molecule is O=C(NCc1cccnc1)c1cc(S(=O)(=O)C2CCS(=O)(=O)C2)ccc1Cl. The highest BCUT2D eigenvalue weighted by atomic mass is 35.5. The van der Waals surface area contributed by atoms with Crippen LogP contribution in [0.15, 0.2) is 47.6 Å². The fourth-order valence-corrected chi connectivity index (χ4v) is 7.42. The van der Waals surface area contributed by atoms with Crippen LogP contribution in [0, 0.1) is 0 Å². The number of hydrogen-bond acceptors (Lipinski definition) is 6. The van der Waals surface area contributed by atoms with Crippen LogP contribution in [-0.2, 0) is 26.2 Å². The van der Waals surface area contributed by atoms with Crippen LogP contribution in [0.5, 0.6) is 0 Å². The summed E-state index contributed by atoms with van der Waals surface area (Å²) in [5.41, 5.74) is 0.796. The maximum absolute atomic E-state index is 12.7. The van der Waals surface area contributed by atoms with Crippen LogP contribution in [0.4, 0.5) is 0 Å². The predicted molar refractivity (Wildman–Crippen MR) is 101 cm³/mol. The molecule has 1 unspecified atom stereocenters. The van der Waals surface area contributed by atoms with Crippen LogP contribution < -0.4 is 5.32 Å². The fourth-order valence-electron chi connectivity index (χ4n) is 2.83. The number of carbonyl (C=O) groups is 1. The third-order valence-corrected chi connectivity index (χ3v) is 8.82. The van der Waals surface area contributed by atoms with Crippen molar-refractivity contribution in [3.05, 3.63) is 58.9 Å². The number of pyridine rings is 1. The Balaban J connectivity index is 1.82. The Morgan fingerprint density at radius 2 is 2.07 bits per heavy atom. The Morgan fingerprint density at radius 1 is 1.30 bits per heavy atom. The van der Waals surface area contributed by atoms with E-state index in [0.717, 1.165) is 5.56 Å². The number of hydrogen-bond donors (Lipinski definition) is 1. The maximum atomic E-state index is 12.7. The Labute approximate surface area is 162 Å². The summed E-state index contributed by atoms with van der Waals surface area (Å²) < 4.78 is 48.7. The molecule has 2 aromatic rings. The zero-order valence-electron chi connectivity index (χ0n) is 14.1. The Hall–Kier alpha value is -1.97. The molecule has 0 radical (unpaired) electrons. The zero-order chi connectivity index (χ0) is 19.7. The molecule has 27 heavy (non-hydrogen) atoms. The van der Waals surface area contributed by atoms with E-state index in [1.54, 1.807) is 24.5 Å². The molecule has 1 aromatic carbocycles. The van der Waals surface area contributed by atoms with E-state index in [2.05, 4.69) is 10.3 Å². The smallest absolute Gasteiger partial charge is 0.253 e. The van der Waals surface area contributed by atoms with Gasteiger partial charge in [0.2, 0.25) is 0 Å². The largest absolute Gasteiger partial charge is 0.348 e. The lowest BCUT2D eigenvalue weighted by Crippen LogP contribution is -2.25. The second-order valence-corrected chi connectivity index (χ2v) is 11.1. The van der Waals surface area contributed by atoms with Gasteiger partial charge >= 0.3 is 0 Å². The van der Waals surface area contributed by atoms with E-state index >= 15 is 0 Å². The first-order chi connectivity index (χ1) is 12.7. The number of benzene rings is 1. The quantitative estimate of drug-likeness (QED) is 0.774. The number of nitrogens with one attached hydrogen (secondary N) is 1. The number of amides is 1. The number of carbonyl (C=O) groups excluding carboxylic acids is 1. The van der Waals surface area contributed by atoms with E-state index in [9.17, 15) is 21.6 Å². The number of rotatable bonds is 5. The monoisotopic (exact) mass is 428 g/mol. The Kier molecular flexibility index (Phi) is 5.55. The summed E-state index contributed by atoms with van der Waals surface area (Å²) >= 11 is 6.06. The molecule has 7 nitrogen and oxygen atoms in total. The topological polar surface area (TPSA) is 110 Å². The number of nitrogens with zero attached hydrogens (tertiary/aromatic N) is 1. The Morgan fingerprint density at radius 3 is 2.70 bits per heavy atom. The van der Waals surface area contributed by atoms with E-state index in [0.29, 0.717) is 0 Å². The first-order valence-corrected chi connectivity index (χ1v) is 11.8. The van der Waals surface area contributed by atoms with Gasteiger partial charge in [0.1, 0.15) is 0 Å². The normalized spacial score (nSPS) is 18.9. The van der Waals surface area contributed by atoms with Crippen molar-refractivity contribution in [3.8, 4) is 0 Å². The molecule has 2 heterocycles. The summed E-state index contributed by atoms with van der Waals surface area (Å²) in [6, 6.07) is 7.34. The minimum Gasteiger partial charge on any atom is -0.348 e. The molecule has 3 rings (SSSR count). The van der Waals surface area contributed by atoms with Crippen LogP contribution in [0.2, 0.25) is 5.02 Å². The van der Waals surface area contributed by atoms with E-state index in [1.165, 1.54) is 18.2 Å². The first kappa shape index (κ1) is 19.8. The lowest BCUT2D eigenvalue weighted by Gasteiger charge is -2.12. The minimum atomic E-state index is -3.88. The fraction of sp³-hybridized carbons (Fsp3) is 0.294. The summed E-state index contributed by atoms with van der Waals surface area (Å²) in [6.45, 7) is 0.209. The molecule has 1 saturated heterocycles. The van der Waals surface area contributed by atoms with Crippen molar-refractivity contribution < 1.29 is 21.6 Å². The van der Waals surface area contributed by atoms with Gasteiger partial charge in [0, 0.05) is 18.9 Å². The van der Waals surface area contributed by atoms with Gasteiger partial charge in [0.25, 0.3) is 5.91 Å². The standard InChI is InChI=1S/C17H17ClN2O5S2/c18-16-4-3-13(27(24,25)14-5-7-26(22,23)11-14)8-15(16)17(21)20-10-12-2-1-6-19-9-12/h1-4,6,8-9,14H,5,7,10-11H2,(H,20,21). The number of sulfone groups is 2. The summed E-state index contributed by atoms with van der Waals surface area (Å²) in [4.78, 5) is 16.3.